The molecule has 56 heavy (non-hydrogen) atoms. The minimum absolute atomic E-state index is 0.0535. The fourth-order valence-electron chi connectivity index (χ4n) is 9.49. The second-order valence-corrected chi connectivity index (χ2v) is 15.7. The summed E-state index contributed by atoms with van der Waals surface area (Å²) >= 11 is 0. The average Bonchev–Trinajstić information content (AvgIpc) is 3.71. The first-order valence-electron chi connectivity index (χ1n) is 19.6. The van der Waals surface area contributed by atoms with Crippen LogP contribution >= 0.6 is 0 Å². The maximum absolute atomic E-state index is 5.28. The SMILES string of the molecule is CC1(C)c2ccccc2-c2cc(-c3cc(-c4ccc(-c5ccc6c(c5)N(c5ccccc5)C5C=CC=CC65)c5ccccc45)nc(-c4ccccc4)n3)ccc21. The number of aromatic nitrogens is 2. The van der Waals surface area contributed by atoms with E-state index in [1.165, 1.54) is 61.1 Å². The Morgan fingerprint density at radius 1 is 0.482 bits per heavy atom. The van der Waals surface area contributed by atoms with Crippen LogP contribution in [0.4, 0.5) is 11.4 Å². The number of hydrogen-bond acceptors (Lipinski definition) is 3. The summed E-state index contributed by atoms with van der Waals surface area (Å²) < 4.78 is 0. The molecule has 0 bridgehead atoms. The van der Waals surface area contributed by atoms with E-state index in [0.29, 0.717) is 5.92 Å². The van der Waals surface area contributed by atoms with Crippen molar-refractivity contribution in [1.29, 1.82) is 0 Å². The summed E-state index contributed by atoms with van der Waals surface area (Å²) in [4.78, 5) is 13.0. The third kappa shape index (κ3) is 5.04. The van der Waals surface area contributed by atoms with E-state index in [1.54, 1.807) is 0 Å². The first-order valence-corrected chi connectivity index (χ1v) is 19.6. The van der Waals surface area contributed by atoms with Crippen molar-refractivity contribution in [2.45, 2.75) is 31.2 Å². The quantitative estimate of drug-likeness (QED) is 0.177. The van der Waals surface area contributed by atoms with E-state index < -0.39 is 0 Å². The molecule has 0 amide bonds. The van der Waals surface area contributed by atoms with Crippen LogP contribution in [0.1, 0.15) is 36.5 Å². The highest BCUT2D eigenvalue weighted by Crippen LogP contribution is 2.51. The first kappa shape index (κ1) is 32.6. The highest BCUT2D eigenvalue weighted by Gasteiger charge is 2.38. The summed E-state index contributed by atoms with van der Waals surface area (Å²) in [5.41, 5.74) is 16.5. The summed E-state index contributed by atoms with van der Waals surface area (Å²) in [6, 6.07) is 59.6. The zero-order valence-corrected chi connectivity index (χ0v) is 31.4. The van der Waals surface area contributed by atoms with Crippen molar-refractivity contribution in [2.24, 2.45) is 0 Å². The lowest BCUT2D eigenvalue weighted by Gasteiger charge is -2.28. The molecule has 3 nitrogen and oxygen atoms in total. The lowest BCUT2D eigenvalue weighted by atomic mass is 9.82. The minimum Gasteiger partial charge on any atom is -0.333 e. The van der Waals surface area contributed by atoms with Crippen LogP contribution < -0.4 is 4.90 Å². The fourth-order valence-corrected chi connectivity index (χ4v) is 9.49. The summed E-state index contributed by atoms with van der Waals surface area (Å²) in [5, 5.41) is 2.36. The van der Waals surface area contributed by atoms with Gasteiger partial charge < -0.3 is 4.90 Å². The Morgan fingerprint density at radius 2 is 1.14 bits per heavy atom. The predicted molar refractivity (Wildman–Crippen MR) is 232 cm³/mol. The molecule has 0 N–H and O–H groups in total. The normalized spacial score (nSPS) is 17.1. The summed E-state index contributed by atoms with van der Waals surface area (Å²) in [6.07, 6.45) is 9.05. The van der Waals surface area contributed by atoms with Crippen LogP contribution in [-0.2, 0) is 5.41 Å². The molecule has 1 aliphatic heterocycles. The molecule has 0 saturated carbocycles. The Bertz CT molecular complexity index is 2900. The number of allylic oxidation sites excluding steroid dienone is 2. The molecule has 3 aliphatic rings. The zero-order valence-electron chi connectivity index (χ0n) is 31.4. The molecular formula is C53H39N3. The van der Waals surface area contributed by atoms with Gasteiger partial charge in [-0.25, -0.2) is 9.97 Å². The molecule has 2 unspecified atom stereocenters. The zero-order chi connectivity index (χ0) is 37.4. The number of benzene rings is 7. The van der Waals surface area contributed by atoms with Crippen molar-refractivity contribution >= 4 is 22.1 Å². The number of para-hydroxylation sites is 1. The molecule has 11 rings (SSSR count). The van der Waals surface area contributed by atoms with Crippen LogP contribution in [0.2, 0.25) is 0 Å². The standard InChI is InChI=1S/C53H39N3/c1-53(2)46-23-13-11-21-41(46)45-31-36(26-30-47(45)53)48-33-49(55-52(54-48)34-15-5-3-6-16-34)42-29-28-38(39-19-9-10-20-40(39)42)35-25-27-44-43-22-12-14-24-50(43)56(51(44)32-35)37-17-7-4-8-18-37/h3-33,43,50H,1-2H3. The molecule has 2 aliphatic carbocycles. The van der Waals surface area contributed by atoms with Crippen LogP contribution in [-0.4, -0.2) is 16.0 Å². The average molecular weight is 718 g/mol. The fraction of sp³-hybridized carbons (Fsp3) is 0.0943. The Kier molecular flexibility index (Phi) is 7.34. The Hall–Kier alpha value is -6.84. The van der Waals surface area contributed by atoms with Gasteiger partial charge in [0, 0.05) is 39.4 Å². The lowest BCUT2D eigenvalue weighted by molar-refractivity contribution is 0.660. The second-order valence-electron chi connectivity index (χ2n) is 15.7. The lowest BCUT2D eigenvalue weighted by Crippen LogP contribution is -2.28. The van der Waals surface area contributed by atoms with E-state index >= 15 is 0 Å². The number of anilines is 2. The van der Waals surface area contributed by atoms with E-state index in [9.17, 15) is 0 Å². The smallest absolute Gasteiger partial charge is 0.160 e. The summed E-state index contributed by atoms with van der Waals surface area (Å²) in [6.45, 7) is 4.65. The van der Waals surface area contributed by atoms with E-state index in [2.05, 4.69) is 201 Å². The van der Waals surface area contributed by atoms with Gasteiger partial charge in [0.1, 0.15) is 0 Å². The third-order valence-electron chi connectivity index (χ3n) is 12.2. The van der Waals surface area contributed by atoms with Crippen molar-refractivity contribution < 1.29 is 0 Å². The van der Waals surface area contributed by atoms with Gasteiger partial charge in [-0.2, -0.15) is 0 Å². The number of rotatable bonds is 5. The molecule has 1 aromatic heterocycles. The van der Waals surface area contributed by atoms with E-state index in [0.717, 1.165) is 33.9 Å². The molecule has 2 atom stereocenters. The second kappa shape index (κ2) is 12.6. The maximum Gasteiger partial charge on any atom is 0.160 e. The van der Waals surface area contributed by atoms with Gasteiger partial charge in [-0.1, -0.05) is 172 Å². The number of hydrogen-bond donors (Lipinski definition) is 0. The Morgan fingerprint density at radius 3 is 1.98 bits per heavy atom. The Balaban J connectivity index is 1.06. The molecule has 7 aromatic carbocycles. The van der Waals surface area contributed by atoms with E-state index in [-0.39, 0.29) is 11.5 Å². The molecule has 2 heterocycles. The number of fused-ring (bicyclic) bond motifs is 7. The van der Waals surface area contributed by atoms with Gasteiger partial charge in [0.2, 0.25) is 0 Å². The molecule has 0 fully saturated rings. The summed E-state index contributed by atoms with van der Waals surface area (Å²) in [7, 11) is 0. The topological polar surface area (TPSA) is 29.0 Å². The van der Waals surface area contributed by atoms with Crippen molar-refractivity contribution in [3.63, 3.8) is 0 Å². The molecule has 0 radical (unpaired) electrons. The van der Waals surface area contributed by atoms with Crippen LogP contribution in [0.15, 0.2) is 188 Å². The first-order chi connectivity index (χ1) is 27.5. The highest BCUT2D eigenvalue weighted by atomic mass is 15.2. The van der Waals surface area contributed by atoms with Crippen molar-refractivity contribution in [3.8, 4) is 56.2 Å². The van der Waals surface area contributed by atoms with E-state index in [4.69, 9.17) is 9.97 Å². The van der Waals surface area contributed by atoms with Crippen LogP contribution in [0.25, 0.3) is 66.9 Å². The van der Waals surface area contributed by atoms with Crippen LogP contribution in [0.3, 0.4) is 0 Å². The monoisotopic (exact) mass is 717 g/mol. The molecule has 0 saturated heterocycles. The van der Waals surface area contributed by atoms with Crippen LogP contribution in [0.5, 0.6) is 0 Å². The van der Waals surface area contributed by atoms with Gasteiger partial charge in [0.05, 0.1) is 17.4 Å². The van der Waals surface area contributed by atoms with Gasteiger partial charge in [-0.05, 0) is 80.0 Å². The van der Waals surface area contributed by atoms with Gasteiger partial charge >= 0.3 is 0 Å². The van der Waals surface area contributed by atoms with Gasteiger partial charge in [-0.3, -0.25) is 0 Å². The largest absolute Gasteiger partial charge is 0.333 e. The molecule has 266 valence electrons. The predicted octanol–water partition coefficient (Wildman–Crippen LogP) is 13.3. The maximum atomic E-state index is 5.28. The highest BCUT2D eigenvalue weighted by molar-refractivity contribution is 6.05. The van der Waals surface area contributed by atoms with Crippen molar-refractivity contribution in [3.05, 3.63) is 205 Å². The van der Waals surface area contributed by atoms with Gasteiger partial charge in [-0.15, -0.1) is 0 Å². The molecule has 0 spiro atoms. The minimum atomic E-state index is -0.0535. The molecule has 8 aromatic rings. The van der Waals surface area contributed by atoms with Crippen LogP contribution in [0, 0.1) is 0 Å². The summed E-state index contributed by atoms with van der Waals surface area (Å²) in [5.74, 6) is 1.04. The Labute approximate surface area is 328 Å². The van der Waals surface area contributed by atoms with Crippen molar-refractivity contribution in [1.82, 2.24) is 9.97 Å². The van der Waals surface area contributed by atoms with Gasteiger partial charge in [0.25, 0.3) is 0 Å². The van der Waals surface area contributed by atoms with Gasteiger partial charge in [0.15, 0.2) is 5.82 Å². The van der Waals surface area contributed by atoms with E-state index in [1.807, 2.05) is 6.07 Å². The molecular weight excluding hydrogens is 679 g/mol. The van der Waals surface area contributed by atoms with Crippen molar-refractivity contribution in [2.75, 3.05) is 4.90 Å². The molecule has 3 heteroatoms. The third-order valence-corrected chi connectivity index (χ3v) is 12.2. The number of nitrogens with zero attached hydrogens (tertiary/aromatic N) is 3.